The maximum Gasteiger partial charge on any atom is 0.0728 e. The summed E-state index contributed by atoms with van der Waals surface area (Å²) in [4.78, 5) is 0.936. The third-order valence-electron chi connectivity index (χ3n) is 3.59. The van der Waals surface area contributed by atoms with Crippen LogP contribution in [-0.2, 0) is 10.8 Å². The highest BCUT2D eigenvalue weighted by molar-refractivity contribution is 7.86. The van der Waals surface area contributed by atoms with Crippen LogP contribution in [0.4, 0.5) is 0 Å². The lowest BCUT2D eigenvalue weighted by Crippen LogP contribution is -2.44. The van der Waals surface area contributed by atoms with Gasteiger partial charge in [-0.15, -0.1) is 0 Å². The Kier molecular flexibility index (Phi) is 5.34. The molecular formula is C16H23NOS. The molecule has 0 saturated heterocycles. The minimum absolute atomic E-state index is 0.100. The average molecular weight is 277 g/mol. The molecule has 0 fully saturated rings. The Bertz CT molecular complexity index is 452. The lowest BCUT2D eigenvalue weighted by Gasteiger charge is -2.28. The normalized spacial score (nSPS) is 24.3. The summed E-state index contributed by atoms with van der Waals surface area (Å²) in [5.41, 5.74) is 1.21. The van der Waals surface area contributed by atoms with Gasteiger partial charge in [-0.25, -0.2) is 0 Å². The lowest BCUT2D eigenvalue weighted by atomic mass is 10.0. The molecule has 0 aromatic heterocycles. The van der Waals surface area contributed by atoms with Crippen molar-refractivity contribution < 1.29 is 4.21 Å². The maximum absolute atomic E-state index is 12.7. The molecule has 1 unspecified atom stereocenters. The number of hydrogen-bond donors (Lipinski definition) is 1. The van der Waals surface area contributed by atoms with Crippen molar-refractivity contribution in [2.75, 3.05) is 6.54 Å². The fourth-order valence-electron chi connectivity index (χ4n) is 2.41. The van der Waals surface area contributed by atoms with Crippen molar-refractivity contribution >= 4 is 10.8 Å². The molecule has 2 rings (SSSR count). The Balaban J connectivity index is 2.12. The fraction of sp³-hybridized carbons (Fsp3) is 0.500. The van der Waals surface area contributed by atoms with E-state index in [2.05, 4.69) is 31.3 Å². The first kappa shape index (κ1) is 14.5. The molecule has 1 aromatic carbocycles. The second-order valence-electron chi connectivity index (χ2n) is 5.16. The average Bonchev–Trinajstić information content (AvgIpc) is 2.45. The van der Waals surface area contributed by atoms with E-state index in [1.54, 1.807) is 0 Å². The van der Waals surface area contributed by atoms with Crippen molar-refractivity contribution in [3.63, 3.8) is 0 Å². The Morgan fingerprint density at radius 2 is 2.05 bits per heavy atom. The minimum atomic E-state index is -0.961. The van der Waals surface area contributed by atoms with Gasteiger partial charge in [-0.1, -0.05) is 49.6 Å². The first-order valence-corrected chi connectivity index (χ1v) is 8.31. The molecule has 0 radical (unpaired) electrons. The summed E-state index contributed by atoms with van der Waals surface area (Å²) in [7, 11) is -0.961. The van der Waals surface area contributed by atoms with E-state index < -0.39 is 10.8 Å². The van der Waals surface area contributed by atoms with Crippen LogP contribution < -0.4 is 5.32 Å². The third-order valence-corrected chi connectivity index (χ3v) is 5.31. The van der Waals surface area contributed by atoms with E-state index in [-0.39, 0.29) is 5.25 Å². The van der Waals surface area contributed by atoms with Crippen LogP contribution in [-0.4, -0.2) is 22.0 Å². The van der Waals surface area contributed by atoms with E-state index in [9.17, 15) is 4.21 Å². The number of unbranched alkanes of at least 4 members (excludes halogenated alkanes) is 1. The van der Waals surface area contributed by atoms with Crippen molar-refractivity contribution in [3.8, 4) is 0 Å². The van der Waals surface area contributed by atoms with Crippen LogP contribution in [0.25, 0.3) is 0 Å². The first-order chi connectivity index (χ1) is 9.22. The second kappa shape index (κ2) is 7.01. The molecule has 1 aliphatic rings. The van der Waals surface area contributed by atoms with Crippen LogP contribution in [0, 0.1) is 6.92 Å². The van der Waals surface area contributed by atoms with Gasteiger partial charge in [0.1, 0.15) is 0 Å². The molecule has 2 nitrogen and oxygen atoms in total. The monoisotopic (exact) mass is 277 g/mol. The molecule has 1 aliphatic heterocycles. The van der Waals surface area contributed by atoms with E-state index in [1.165, 1.54) is 18.4 Å². The highest BCUT2D eigenvalue weighted by atomic mass is 32.2. The molecule has 104 valence electrons. The van der Waals surface area contributed by atoms with E-state index in [0.717, 1.165) is 17.9 Å². The van der Waals surface area contributed by atoms with Crippen LogP contribution >= 0.6 is 0 Å². The van der Waals surface area contributed by atoms with Crippen LogP contribution in [0.1, 0.15) is 31.7 Å². The molecule has 1 heterocycles. The lowest BCUT2D eigenvalue weighted by molar-refractivity contribution is 0.477. The highest BCUT2D eigenvalue weighted by Gasteiger charge is 2.26. The van der Waals surface area contributed by atoms with Crippen molar-refractivity contribution in [3.05, 3.63) is 42.0 Å². The van der Waals surface area contributed by atoms with Crippen molar-refractivity contribution in [1.29, 1.82) is 0 Å². The molecule has 3 atom stereocenters. The van der Waals surface area contributed by atoms with Gasteiger partial charge < -0.3 is 5.32 Å². The topological polar surface area (TPSA) is 29.1 Å². The zero-order valence-corrected chi connectivity index (χ0v) is 12.6. The summed E-state index contributed by atoms with van der Waals surface area (Å²) in [6.45, 7) is 5.15. The summed E-state index contributed by atoms with van der Waals surface area (Å²) in [5.74, 6) is 0. The second-order valence-corrected chi connectivity index (χ2v) is 6.77. The van der Waals surface area contributed by atoms with Gasteiger partial charge in [-0.2, -0.15) is 0 Å². The van der Waals surface area contributed by atoms with Gasteiger partial charge in [0.2, 0.25) is 0 Å². The summed E-state index contributed by atoms with van der Waals surface area (Å²) in [6, 6.07) is 8.39. The van der Waals surface area contributed by atoms with Crippen LogP contribution in [0.2, 0.25) is 0 Å². The summed E-state index contributed by atoms with van der Waals surface area (Å²) >= 11 is 0. The summed E-state index contributed by atoms with van der Waals surface area (Å²) < 4.78 is 12.7. The molecular weight excluding hydrogens is 254 g/mol. The molecule has 1 N–H and O–H groups in total. The van der Waals surface area contributed by atoms with Crippen LogP contribution in [0.3, 0.4) is 0 Å². The quantitative estimate of drug-likeness (QED) is 0.838. The van der Waals surface area contributed by atoms with Gasteiger partial charge in [0, 0.05) is 17.5 Å². The Labute approximate surface area is 118 Å². The van der Waals surface area contributed by atoms with Gasteiger partial charge in [0.15, 0.2) is 0 Å². The van der Waals surface area contributed by atoms with Gasteiger partial charge in [0.05, 0.1) is 16.0 Å². The Morgan fingerprint density at radius 1 is 1.32 bits per heavy atom. The molecule has 0 saturated carbocycles. The fourth-order valence-corrected chi connectivity index (χ4v) is 3.92. The summed E-state index contributed by atoms with van der Waals surface area (Å²) in [5, 5.41) is 3.59. The van der Waals surface area contributed by atoms with Gasteiger partial charge in [-0.3, -0.25) is 4.21 Å². The Morgan fingerprint density at radius 3 is 2.74 bits per heavy atom. The van der Waals surface area contributed by atoms with Crippen LogP contribution in [0.15, 0.2) is 41.3 Å². The molecule has 3 heteroatoms. The van der Waals surface area contributed by atoms with Crippen molar-refractivity contribution in [2.45, 2.75) is 49.3 Å². The standard InChI is InChI=1S/C16H23NOS/c1-3-4-6-15-16(7-5-12-17-15)19(18)14-10-8-13(2)9-11-14/h5,7-11,15-17H,3-4,6,12H2,1-2H3/t15-,16+,19?/m0/s1. The predicted octanol–water partition coefficient (Wildman–Crippen LogP) is 3.19. The smallest absolute Gasteiger partial charge is 0.0728 e. The largest absolute Gasteiger partial charge is 0.309 e. The van der Waals surface area contributed by atoms with E-state index >= 15 is 0 Å². The molecule has 1 aromatic rings. The van der Waals surface area contributed by atoms with E-state index in [1.807, 2.05) is 24.3 Å². The highest BCUT2D eigenvalue weighted by Crippen LogP contribution is 2.20. The molecule has 0 amide bonds. The third kappa shape index (κ3) is 3.77. The molecule has 0 bridgehead atoms. The van der Waals surface area contributed by atoms with Gasteiger partial charge in [-0.05, 0) is 25.5 Å². The predicted molar refractivity (Wildman–Crippen MR) is 81.8 cm³/mol. The minimum Gasteiger partial charge on any atom is -0.309 e. The van der Waals surface area contributed by atoms with Gasteiger partial charge in [0.25, 0.3) is 0 Å². The molecule has 19 heavy (non-hydrogen) atoms. The van der Waals surface area contributed by atoms with Gasteiger partial charge >= 0.3 is 0 Å². The number of benzene rings is 1. The SMILES string of the molecule is CCCC[C@@H]1NCC=C[C@H]1S(=O)c1ccc(C)cc1. The van der Waals surface area contributed by atoms with Crippen LogP contribution in [0.5, 0.6) is 0 Å². The number of aryl methyl sites for hydroxylation is 1. The zero-order chi connectivity index (χ0) is 13.7. The van der Waals surface area contributed by atoms with Crippen molar-refractivity contribution in [1.82, 2.24) is 5.32 Å². The number of nitrogens with one attached hydrogen (secondary N) is 1. The van der Waals surface area contributed by atoms with E-state index in [4.69, 9.17) is 0 Å². The first-order valence-electron chi connectivity index (χ1n) is 7.09. The maximum atomic E-state index is 12.7. The molecule has 0 spiro atoms. The molecule has 0 aliphatic carbocycles. The Hall–Kier alpha value is -0.930. The number of hydrogen-bond acceptors (Lipinski definition) is 2. The van der Waals surface area contributed by atoms with E-state index in [0.29, 0.717) is 6.04 Å². The summed E-state index contributed by atoms with van der Waals surface area (Å²) in [6.07, 6.45) is 7.70. The number of rotatable bonds is 5. The van der Waals surface area contributed by atoms with Crippen molar-refractivity contribution in [2.24, 2.45) is 0 Å². The zero-order valence-electron chi connectivity index (χ0n) is 11.8.